The van der Waals surface area contributed by atoms with Crippen molar-refractivity contribution in [2.24, 2.45) is 7.05 Å². The lowest BCUT2D eigenvalue weighted by molar-refractivity contribution is -0.672. The van der Waals surface area contributed by atoms with Gasteiger partial charge in [0.25, 0.3) is 0 Å². The summed E-state index contributed by atoms with van der Waals surface area (Å²) >= 11 is 0. The number of benzene rings is 2. The van der Waals surface area contributed by atoms with Crippen molar-refractivity contribution in [1.29, 1.82) is 0 Å². The largest absolute Gasteiger partial charge is 0.675 e. The van der Waals surface area contributed by atoms with Gasteiger partial charge in [0.05, 0.1) is 13.6 Å². The van der Waals surface area contributed by atoms with E-state index in [1.165, 1.54) is 0 Å². The summed E-state index contributed by atoms with van der Waals surface area (Å²) in [6, 6.07) is 15.9. The normalized spacial score (nSPS) is 14.0. The van der Waals surface area contributed by atoms with Crippen molar-refractivity contribution in [3.8, 4) is 0 Å². The lowest BCUT2D eigenvalue weighted by Crippen LogP contribution is -2.37. The van der Waals surface area contributed by atoms with E-state index in [-0.39, 0.29) is 5.91 Å². The molecule has 0 fully saturated rings. The first-order valence-electron chi connectivity index (χ1n) is 12.6. The molecular formula is C28H36N6O2+2. The summed E-state index contributed by atoms with van der Waals surface area (Å²) < 4.78 is 6.76. The average molecular weight is 489 g/mol. The molecule has 188 valence electrons. The van der Waals surface area contributed by atoms with Crippen LogP contribution in [-0.4, -0.2) is 63.5 Å². The second-order valence-corrected chi connectivity index (χ2v) is 9.08. The molecule has 1 aliphatic heterocycles. The smallest absolute Gasteiger partial charge is 0.528 e. The number of anilines is 1. The third-order valence-electron chi connectivity index (χ3n) is 6.77. The predicted molar refractivity (Wildman–Crippen MR) is 142 cm³/mol. The van der Waals surface area contributed by atoms with Gasteiger partial charge in [0.1, 0.15) is 32.2 Å². The highest BCUT2D eigenvalue weighted by molar-refractivity contribution is 6.01. The van der Waals surface area contributed by atoms with Crippen LogP contribution in [0.5, 0.6) is 0 Å². The summed E-state index contributed by atoms with van der Waals surface area (Å²) in [7, 11) is 3.83. The number of nitrogens with one attached hydrogen (secondary N) is 1. The minimum Gasteiger partial charge on any atom is -0.675 e. The van der Waals surface area contributed by atoms with Crippen molar-refractivity contribution in [3.05, 3.63) is 88.6 Å². The van der Waals surface area contributed by atoms with Crippen LogP contribution in [0.4, 0.5) is 5.69 Å². The van der Waals surface area contributed by atoms with Crippen LogP contribution in [0.15, 0.2) is 60.9 Å². The molecule has 0 saturated heterocycles. The van der Waals surface area contributed by atoms with Gasteiger partial charge in [-0.15, -0.1) is 0 Å². The van der Waals surface area contributed by atoms with Crippen molar-refractivity contribution in [1.82, 2.24) is 9.47 Å². The number of aromatic nitrogens is 2. The van der Waals surface area contributed by atoms with Crippen LogP contribution in [0.3, 0.4) is 0 Å². The van der Waals surface area contributed by atoms with E-state index < -0.39 is 0 Å². The Bertz CT molecular complexity index is 1310. The number of carbonyl (C=O) groups is 1. The monoisotopic (exact) mass is 488 g/mol. The minimum absolute atomic E-state index is 0.134. The third-order valence-corrected chi connectivity index (χ3v) is 6.77. The standard InChI is InChI=1S/C28H35N6O2/c1-5-32-19-17-30(3)27(32)26(35)29-25-14-10-9-12-23(25)16-15-22-11-7-8-13-24(22)21-34(36)28-31(4)18-20-33(28)6-2/h7-14,17,19,21H,5-6,15-16,18,20H2,1-4H3/q+1/p+1/b34-21+. The first-order chi connectivity index (χ1) is 17.4. The summed E-state index contributed by atoms with van der Waals surface area (Å²) in [5.41, 5.74) is 3.86. The van der Waals surface area contributed by atoms with E-state index in [1.807, 2.05) is 89.6 Å². The molecule has 2 heterocycles. The number of hydrogen-bond acceptors (Lipinski definition) is 3. The maximum Gasteiger partial charge on any atom is 0.528 e. The second-order valence-electron chi connectivity index (χ2n) is 9.08. The lowest BCUT2D eigenvalue weighted by Gasteiger charge is -2.13. The molecule has 1 N–H and O–H groups in total. The molecule has 36 heavy (non-hydrogen) atoms. The second kappa shape index (κ2) is 11.2. The predicted octanol–water partition coefficient (Wildman–Crippen LogP) is 2.63. The van der Waals surface area contributed by atoms with Gasteiger partial charge in [-0.05, 0) is 43.9 Å². The van der Waals surface area contributed by atoms with Crippen LogP contribution < -0.4 is 9.88 Å². The van der Waals surface area contributed by atoms with Crippen LogP contribution in [0, 0.1) is 5.21 Å². The van der Waals surface area contributed by atoms with E-state index in [4.69, 9.17) is 0 Å². The van der Waals surface area contributed by atoms with E-state index in [0.717, 1.165) is 66.1 Å². The van der Waals surface area contributed by atoms with E-state index in [1.54, 1.807) is 6.21 Å². The Hall–Kier alpha value is -3.94. The molecule has 0 unspecified atom stereocenters. The van der Waals surface area contributed by atoms with Gasteiger partial charge in [-0.25, -0.2) is 9.13 Å². The molecule has 1 aliphatic rings. The van der Waals surface area contributed by atoms with Crippen molar-refractivity contribution in [2.75, 3.05) is 32.0 Å². The Morgan fingerprint density at radius 1 is 1.06 bits per heavy atom. The first kappa shape index (κ1) is 25.2. The Morgan fingerprint density at radius 2 is 1.75 bits per heavy atom. The van der Waals surface area contributed by atoms with Gasteiger partial charge >= 0.3 is 17.7 Å². The zero-order valence-corrected chi connectivity index (χ0v) is 21.6. The number of carbonyl (C=O) groups excluding carboxylic acids is 1. The maximum absolute atomic E-state index is 13.1. The molecule has 4 rings (SSSR count). The Kier molecular flexibility index (Phi) is 7.83. The van der Waals surface area contributed by atoms with Crippen LogP contribution in [0.2, 0.25) is 0 Å². The number of rotatable bonds is 8. The van der Waals surface area contributed by atoms with Crippen molar-refractivity contribution >= 4 is 23.8 Å². The Labute approximate surface area is 213 Å². The van der Waals surface area contributed by atoms with Crippen LogP contribution >= 0.6 is 0 Å². The fourth-order valence-corrected chi connectivity index (χ4v) is 4.77. The van der Waals surface area contributed by atoms with Crippen molar-refractivity contribution in [2.45, 2.75) is 33.2 Å². The third kappa shape index (κ3) is 5.32. The summed E-state index contributed by atoms with van der Waals surface area (Å²) in [4.78, 5) is 15.2. The fourth-order valence-electron chi connectivity index (χ4n) is 4.77. The van der Waals surface area contributed by atoms with Crippen molar-refractivity contribution in [3.63, 3.8) is 0 Å². The summed E-state index contributed by atoms with van der Waals surface area (Å²) in [5.74, 6) is 1.16. The number of guanidine groups is 1. The molecule has 3 aromatic rings. The van der Waals surface area contributed by atoms with Crippen LogP contribution in [0.25, 0.3) is 0 Å². The number of hydroxylamine groups is 1. The van der Waals surface area contributed by atoms with Gasteiger partial charge in [0.15, 0.2) is 13.1 Å². The molecule has 8 heteroatoms. The van der Waals surface area contributed by atoms with E-state index in [2.05, 4.69) is 23.2 Å². The molecule has 0 saturated carbocycles. The molecule has 0 atom stereocenters. The molecular weight excluding hydrogens is 452 g/mol. The number of aryl methyl sites for hydroxylation is 4. The molecule has 0 aliphatic carbocycles. The van der Waals surface area contributed by atoms with Gasteiger partial charge in [-0.1, -0.05) is 42.5 Å². The Morgan fingerprint density at radius 3 is 2.50 bits per heavy atom. The maximum atomic E-state index is 13.1. The molecule has 1 amide bonds. The van der Waals surface area contributed by atoms with Gasteiger partial charge in [0, 0.05) is 11.3 Å². The SMILES string of the molecule is CCN1CC[N+](C)=C1/[N+]([O-])=C\c1ccccc1CCc1ccccc1NC(=O)c1n(CC)cc[n+]1C. The molecule has 1 aromatic heterocycles. The zero-order valence-electron chi connectivity index (χ0n) is 21.6. The highest BCUT2D eigenvalue weighted by Crippen LogP contribution is 2.19. The van der Waals surface area contributed by atoms with Crippen molar-refractivity contribution < 1.29 is 18.7 Å². The number of hydrogen-bond donors (Lipinski definition) is 1. The zero-order chi connectivity index (χ0) is 25.7. The van der Waals surface area contributed by atoms with E-state index in [0.29, 0.717) is 11.8 Å². The number of amides is 1. The summed E-state index contributed by atoms with van der Waals surface area (Å²) in [6.45, 7) is 7.32. The average Bonchev–Trinajstić information content (AvgIpc) is 3.45. The number of nitrogens with zero attached hydrogens (tertiary/aromatic N) is 5. The van der Waals surface area contributed by atoms with Gasteiger partial charge in [0.2, 0.25) is 0 Å². The fraction of sp³-hybridized carbons (Fsp3) is 0.357. The Balaban J connectivity index is 1.53. The quantitative estimate of drug-likeness (QED) is 0.229. The van der Waals surface area contributed by atoms with Gasteiger partial charge in [-0.3, -0.25) is 4.79 Å². The first-order valence-corrected chi connectivity index (χ1v) is 12.6. The van der Waals surface area contributed by atoms with Crippen LogP contribution in [0.1, 0.15) is 41.2 Å². The van der Waals surface area contributed by atoms with Gasteiger partial charge in [-0.2, -0.15) is 14.2 Å². The molecule has 8 nitrogen and oxygen atoms in total. The number of imidazole rings is 1. The lowest BCUT2D eigenvalue weighted by atomic mass is 9.99. The molecule has 0 radical (unpaired) electrons. The van der Waals surface area contributed by atoms with E-state index in [9.17, 15) is 10.0 Å². The summed E-state index contributed by atoms with van der Waals surface area (Å²) in [5, 5.41) is 16.2. The molecule has 0 spiro atoms. The number of likely N-dealkylation sites (N-methyl/N-ethyl adjacent to an activating group) is 2. The highest BCUT2D eigenvalue weighted by atomic mass is 16.5. The number of para-hydroxylation sites is 1. The highest BCUT2D eigenvalue weighted by Gasteiger charge is 2.35. The van der Waals surface area contributed by atoms with Crippen LogP contribution in [-0.2, 0) is 26.4 Å². The molecule has 2 aromatic carbocycles. The van der Waals surface area contributed by atoms with E-state index >= 15 is 0 Å². The topological polar surface area (TPSA) is 70.2 Å². The minimum atomic E-state index is -0.134. The summed E-state index contributed by atoms with van der Waals surface area (Å²) in [6.07, 6.45) is 6.96. The molecule has 0 bridgehead atoms. The van der Waals surface area contributed by atoms with Gasteiger partial charge < -0.3 is 10.5 Å².